The molecule has 0 bridgehead atoms. The highest BCUT2D eigenvalue weighted by Crippen LogP contribution is 2.41. The lowest BCUT2D eigenvalue weighted by atomic mass is 9.82. The number of rotatable bonds is 6. The summed E-state index contributed by atoms with van der Waals surface area (Å²) in [6.45, 7) is 0. The summed E-state index contributed by atoms with van der Waals surface area (Å²) in [5, 5.41) is 16.0. The van der Waals surface area contributed by atoms with Crippen LogP contribution < -0.4 is 0 Å². The average molecular weight is 377 g/mol. The lowest BCUT2D eigenvalue weighted by Gasteiger charge is -2.29. The SMILES string of the molecule is OC(Cc1ccccc1)(Cc1ccccc1)c1ccsc1-c1cccs1. The fourth-order valence-corrected chi connectivity index (χ4v) is 5.27. The van der Waals surface area contributed by atoms with Gasteiger partial charge in [-0.1, -0.05) is 66.7 Å². The molecule has 0 aliphatic rings. The van der Waals surface area contributed by atoms with Gasteiger partial charge in [0, 0.05) is 23.3 Å². The zero-order chi connectivity index (χ0) is 17.8. The van der Waals surface area contributed by atoms with Crippen molar-refractivity contribution in [3.8, 4) is 9.75 Å². The van der Waals surface area contributed by atoms with Gasteiger partial charge in [-0.3, -0.25) is 0 Å². The Balaban J connectivity index is 1.77. The summed E-state index contributed by atoms with van der Waals surface area (Å²) in [7, 11) is 0. The van der Waals surface area contributed by atoms with Crippen molar-refractivity contribution in [1.82, 2.24) is 0 Å². The molecule has 0 unspecified atom stereocenters. The Bertz CT molecular complexity index is 899. The van der Waals surface area contributed by atoms with Crippen molar-refractivity contribution in [2.45, 2.75) is 18.4 Å². The van der Waals surface area contributed by atoms with E-state index in [4.69, 9.17) is 0 Å². The van der Waals surface area contributed by atoms with E-state index >= 15 is 0 Å². The van der Waals surface area contributed by atoms with Crippen molar-refractivity contribution in [2.75, 3.05) is 0 Å². The van der Waals surface area contributed by atoms with Crippen molar-refractivity contribution < 1.29 is 5.11 Å². The molecule has 4 aromatic rings. The van der Waals surface area contributed by atoms with Crippen LogP contribution in [0.1, 0.15) is 16.7 Å². The number of aliphatic hydroxyl groups is 1. The number of hydrogen-bond acceptors (Lipinski definition) is 3. The van der Waals surface area contributed by atoms with E-state index in [-0.39, 0.29) is 0 Å². The maximum absolute atomic E-state index is 11.9. The van der Waals surface area contributed by atoms with Crippen molar-refractivity contribution >= 4 is 22.7 Å². The summed E-state index contributed by atoms with van der Waals surface area (Å²) in [6.07, 6.45) is 1.19. The summed E-state index contributed by atoms with van der Waals surface area (Å²) in [6, 6.07) is 26.8. The van der Waals surface area contributed by atoms with E-state index in [1.807, 2.05) is 36.4 Å². The van der Waals surface area contributed by atoms with Crippen LogP contribution in [-0.2, 0) is 18.4 Å². The highest BCUT2D eigenvalue weighted by Gasteiger charge is 2.33. The first-order valence-electron chi connectivity index (χ1n) is 8.67. The van der Waals surface area contributed by atoms with Crippen molar-refractivity contribution in [3.63, 3.8) is 0 Å². The third kappa shape index (κ3) is 3.65. The van der Waals surface area contributed by atoms with E-state index in [1.165, 1.54) is 9.75 Å². The van der Waals surface area contributed by atoms with Crippen molar-refractivity contribution in [3.05, 3.63) is 106 Å². The second-order valence-corrected chi connectivity index (χ2v) is 8.36. The van der Waals surface area contributed by atoms with Crippen LogP contribution in [-0.4, -0.2) is 5.11 Å². The van der Waals surface area contributed by atoms with Crippen LogP contribution in [0, 0.1) is 0 Å². The molecule has 0 atom stereocenters. The lowest BCUT2D eigenvalue weighted by molar-refractivity contribution is 0.0381. The Morgan fingerprint density at radius 1 is 0.654 bits per heavy atom. The van der Waals surface area contributed by atoms with E-state index in [1.54, 1.807) is 22.7 Å². The lowest BCUT2D eigenvalue weighted by Crippen LogP contribution is -2.31. The molecule has 130 valence electrons. The fourth-order valence-electron chi connectivity index (χ4n) is 3.39. The Hall–Kier alpha value is -2.20. The Kier molecular flexibility index (Phi) is 5.02. The first-order valence-corrected chi connectivity index (χ1v) is 10.4. The third-order valence-electron chi connectivity index (χ3n) is 4.59. The van der Waals surface area contributed by atoms with Crippen LogP contribution >= 0.6 is 22.7 Å². The molecule has 0 fully saturated rings. The molecule has 4 rings (SSSR count). The van der Waals surface area contributed by atoms with Crippen LogP contribution in [0.3, 0.4) is 0 Å². The van der Waals surface area contributed by atoms with Crippen molar-refractivity contribution in [2.24, 2.45) is 0 Å². The molecular weight excluding hydrogens is 356 g/mol. The van der Waals surface area contributed by atoms with Gasteiger partial charge in [-0.05, 0) is 34.0 Å². The molecule has 1 nitrogen and oxygen atoms in total. The van der Waals surface area contributed by atoms with E-state index in [2.05, 4.69) is 53.2 Å². The number of benzene rings is 2. The topological polar surface area (TPSA) is 20.2 Å². The molecule has 0 amide bonds. The molecule has 0 aliphatic heterocycles. The van der Waals surface area contributed by atoms with E-state index in [0.29, 0.717) is 12.8 Å². The van der Waals surface area contributed by atoms with E-state index < -0.39 is 5.60 Å². The maximum Gasteiger partial charge on any atom is 0.0991 e. The van der Waals surface area contributed by atoms with Gasteiger partial charge in [0.15, 0.2) is 0 Å². The Labute approximate surface area is 162 Å². The van der Waals surface area contributed by atoms with Gasteiger partial charge in [0.05, 0.1) is 10.5 Å². The van der Waals surface area contributed by atoms with Crippen LogP contribution in [0.5, 0.6) is 0 Å². The van der Waals surface area contributed by atoms with Gasteiger partial charge in [-0.25, -0.2) is 0 Å². The Morgan fingerprint density at radius 3 is 1.81 bits per heavy atom. The van der Waals surface area contributed by atoms with Crippen LogP contribution in [0.2, 0.25) is 0 Å². The van der Waals surface area contributed by atoms with E-state index in [0.717, 1.165) is 16.7 Å². The zero-order valence-corrected chi connectivity index (χ0v) is 16.0. The summed E-state index contributed by atoms with van der Waals surface area (Å²) in [5.74, 6) is 0. The quantitative estimate of drug-likeness (QED) is 0.428. The molecule has 2 aromatic heterocycles. The standard InChI is InChI=1S/C23H20OS2/c24-23(16-18-8-3-1-4-9-18,17-19-10-5-2-6-11-19)20-13-15-26-22(20)21-12-7-14-25-21/h1-15,24H,16-17H2. The first-order chi connectivity index (χ1) is 12.7. The molecule has 1 N–H and O–H groups in total. The highest BCUT2D eigenvalue weighted by atomic mass is 32.1. The molecule has 26 heavy (non-hydrogen) atoms. The van der Waals surface area contributed by atoms with Gasteiger partial charge >= 0.3 is 0 Å². The van der Waals surface area contributed by atoms with Gasteiger partial charge in [0.25, 0.3) is 0 Å². The smallest absolute Gasteiger partial charge is 0.0991 e. The second-order valence-electron chi connectivity index (χ2n) is 6.50. The zero-order valence-electron chi connectivity index (χ0n) is 14.3. The van der Waals surface area contributed by atoms with Gasteiger partial charge in [-0.15, -0.1) is 22.7 Å². The summed E-state index contributed by atoms with van der Waals surface area (Å²) < 4.78 is 0. The summed E-state index contributed by atoms with van der Waals surface area (Å²) in [5.41, 5.74) is 2.38. The molecule has 3 heteroatoms. The van der Waals surface area contributed by atoms with Gasteiger partial charge in [-0.2, -0.15) is 0 Å². The first kappa shape index (κ1) is 17.2. The summed E-state index contributed by atoms with van der Waals surface area (Å²) >= 11 is 3.43. The Morgan fingerprint density at radius 2 is 1.27 bits per heavy atom. The minimum Gasteiger partial charge on any atom is -0.384 e. The average Bonchev–Trinajstić information content (AvgIpc) is 3.35. The minimum absolute atomic E-state index is 0.595. The maximum atomic E-state index is 11.9. The van der Waals surface area contributed by atoms with Crippen molar-refractivity contribution in [1.29, 1.82) is 0 Å². The van der Waals surface area contributed by atoms with Crippen LogP contribution in [0.4, 0.5) is 0 Å². The van der Waals surface area contributed by atoms with E-state index in [9.17, 15) is 5.11 Å². The molecule has 2 heterocycles. The number of thiophene rings is 2. The largest absolute Gasteiger partial charge is 0.384 e. The second kappa shape index (κ2) is 7.58. The third-order valence-corrected chi connectivity index (χ3v) is 6.55. The summed E-state index contributed by atoms with van der Waals surface area (Å²) in [4.78, 5) is 2.39. The van der Waals surface area contributed by atoms with Gasteiger partial charge in [0.2, 0.25) is 0 Å². The highest BCUT2D eigenvalue weighted by molar-refractivity contribution is 7.20. The predicted molar refractivity (Wildman–Crippen MR) is 112 cm³/mol. The molecule has 0 saturated carbocycles. The van der Waals surface area contributed by atoms with Crippen LogP contribution in [0.25, 0.3) is 9.75 Å². The van der Waals surface area contributed by atoms with Gasteiger partial charge < -0.3 is 5.11 Å². The molecule has 0 radical (unpaired) electrons. The minimum atomic E-state index is -0.942. The normalized spacial score (nSPS) is 11.6. The molecular formula is C23H20OS2. The fraction of sp³-hybridized carbons (Fsp3) is 0.130. The molecule has 2 aromatic carbocycles. The van der Waals surface area contributed by atoms with Crippen LogP contribution in [0.15, 0.2) is 89.6 Å². The predicted octanol–water partition coefficient (Wildman–Crippen LogP) is 6.15. The molecule has 0 saturated heterocycles. The monoisotopic (exact) mass is 376 g/mol. The van der Waals surface area contributed by atoms with Gasteiger partial charge in [0.1, 0.15) is 0 Å². The molecule has 0 aliphatic carbocycles. The number of hydrogen-bond donors (Lipinski definition) is 1. The molecule has 0 spiro atoms.